The van der Waals surface area contributed by atoms with Crippen molar-refractivity contribution < 1.29 is 4.42 Å². The minimum Gasteiger partial charge on any atom is -0.467 e. The van der Waals surface area contributed by atoms with Crippen LogP contribution in [0.4, 0.5) is 0 Å². The Hall–Kier alpha value is -1.55. The van der Waals surface area contributed by atoms with Gasteiger partial charge in [0.2, 0.25) is 0 Å². The monoisotopic (exact) mass is 303 g/mol. The third kappa shape index (κ3) is 3.12. The molecule has 0 spiro atoms. The zero-order chi connectivity index (χ0) is 13.8. The smallest absolute Gasteiger partial charge is 0.125 e. The lowest BCUT2D eigenvalue weighted by molar-refractivity contribution is 0.447. The molecular weight excluding hydrogens is 290 g/mol. The average Bonchev–Trinajstić information content (AvgIpc) is 3.12. The Labute approximate surface area is 127 Å². The Morgan fingerprint density at radius 3 is 2.55 bits per heavy atom. The Morgan fingerprint density at radius 2 is 1.90 bits per heavy atom. The molecule has 0 aliphatic heterocycles. The van der Waals surface area contributed by atoms with Crippen molar-refractivity contribution >= 4 is 22.9 Å². The standard InChI is InChI=1S/C16H14ClNOS/c17-15-9-8-13(20-15)11-18-16(14-7-4-10-19-14)12-5-2-1-3-6-12/h1-10,16,18H,11H2. The van der Waals surface area contributed by atoms with Crippen molar-refractivity contribution in [1.29, 1.82) is 0 Å². The average molecular weight is 304 g/mol. The molecule has 4 heteroatoms. The molecule has 102 valence electrons. The SMILES string of the molecule is Clc1ccc(CNC(c2ccccc2)c2ccco2)s1. The first kappa shape index (κ1) is 13.4. The second kappa shape index (κ2) is 6.27. The molecular formula is C16H14ClNOS. The molecule has 1 aromatic carbocycles. The van der Waals surface area contributed by atoms with Gasteiger partial charge in [-0.1, -0.05) is 41.9 Å². The minimum atomic E-state index is 0.0482. The Bertz CT molecular complexity index is 648. The van der Waals surface area contributed by atoms with Gasteiger partial charge < -0.3 is 4.42 Å². The van der Waals surface area contributed by atoms with Gasteiger partial charge in [-0.25, -0.2) is 0 Å². The third-order valence-corrected chi connectivity index (χ3v) is 4.30. The van der Waals surface area contributed by atoms with E-state index in [1.165, 1.54) is 10.4 Å². The summed E-state index contributed by atoms with van der Waals surface area (Å²) in [5, 5.41) is 3.53. The first-order chi connectivity index (χ1) is 9.83. The number of hydrogen-bond acceptors (Lipinski definition) is 3. The van der Waals surface area contributed by atoms with Gasteiger partial charge in [0.05, 0.1) is 16.6 Å². The van der Waals surface area contributed by atoms with Gasteiger partial charge in [-0.05, 0) is 29.8 Å². The zero-order valence-electron chi connectivity index (χ0n) is 10.8. The van der Waals surface area contributed by atoms with Crippen LogP contribution < -0.4 is 5.32 Å². The van der Waals surface area contributed by atoms with Crippen molar-refractivity contribution in [3.63, 3.8) is 0 Å². The minimum absolute atomic E-state index is 0.0482. The third-order valence-electron chi connectivity index (χ3n) is 3.07. The molecule has 2 heterocycles. The number of benzene rings is 1. The van der Waals surface area contributed by atoms with Crippen LogP contribution in [0.15, 0.2) is 65.3 Å². The fourth-order valence-electron chi connectivity index (χ4n) is 2.13. The van der Waals surface area contributed by atoms with Crippen molar-refractivity contribution in [2.45, 2.75) is 12.6 Å². The molecule has 1 N–H and O–H groups in total. The molecule has 1 unspecified atom stereocenters. The summed E-state index contributed by atoms with van der Waals surface area (Å²) in [6, 6.07) is 18.2. The molecule has 2 nitrogen and oxygen atoms in total. The Morgan fingerprint density at radius 1 is 1.05 bits per heavy atom. The molecule has 3 aromatic rings. The molecule has 0 bridgehead atoms. The summed E-state index contributed by atoms with van der Waals surface area (Å²) >= 11 is 7.56. The van der Waals surface area contributed by atoms with Crippen molar-refractivity contribution in [3.8, 4) is 0 Å². The summed E-state index contributed by atoms with van der Waals surface area (Å²) in [6.45, 7) is 0.762. The van der Waals surface area contributed by atoms with Crippen LogP contribution in [0.3, 0.4) is 0 Å². The summed E-state index contributed by atoms with van der Waals surface area (Å²) in [4.78, 5) is 1.21. The molecule has 0 radical (unpaired) electrons. The first-order valence-corrected chi connectivity index (χ1v) is 7.58. The summed E-state index contributed by atoms with van der Waals surface area (Å²) < 4.78 is 6.37. The van der Waals surface area contributed by atoms with Crippen LogP contribution in [0.5, 0.6) is 0 Å². The number of hydrogen-bond donors (Lipinski definition) is 1. The highest BCUT2D eigenvalue weighted by atomic mass is 35.5. The van der Waals surface area contributed by atoms with E-state index in [9.17, 15) is 0 Å². The van der Waals surface area contributed by atoms with Crippen LogP contribution in [0.1, 0.15) is 22.2 Å². The van der Waals surface area contributed by atoms with Crippen molar-refractivity contribution in [1.82, 2.24) is 5.32 Å². The highest BCUT2D eigenvalue weighted by Crippen LogP contribution is 2.25. The Balaban J connectivity index is 1.80. The maximum Gasteiger partial charge on any atom is 0.125 e. The molecule has 0 amide bonds. The van der Waals surface area contributed by atoms with E-state index in [1.54, 1.807) is 17.6 Å². The maximum atomic E-state index is 5.96. The van der Waals surface area contributed by atoms with Gasteiger partial charge in [0.25, 0.3) is 0 Å². The van der Waals surface area contributed by atoms with Crippen LogP contribution in [-0.4, -0.2) is 0 Å². The van der Waals surface area contributed by atoms with Crippen LogP contribution in [0, 0.1) is 0 Å². The molecule has 0 saturated carbocycles. The topological polar surface area (TPSA) is 25.2 Å². The van der Waals surface area contributed by atoms with E-state index in [-0.39, 0.29) is 6.04 Å². The van der Waals surface area contributed by atoms with E-state index in [0.29, 0.717) is 0 Å². The van der Waals surface area contributed by atoms with Gasteiger partial charge in [0.1, 0.15) is 5.76 Å². The second-order valence-corrected chi connectivity index (χ2v) is 6.25. The molecule has 0 aliphatic rings. The first-order valence-electron chi connectivity index (χ1n) is 6.39. The molecule has 1 atom stereocenters. The highest BCUT2D eigenvalue weighted by molar-refractivity contribution is 7.16. The maximum absolute atomic E-state index is 5.96. The Kier molecular flexibility index (Phi) is 4.21. The molecule has 3 rings (SSSR count). The van der Waals surface area contributed by atoms with Gasteiger partial charge in [-0.2, -0.15) is 0 Å². The summed E-state index contributed by atoms with van der Waals surface area (Å²) in [5.74, 6) is 0.916. The fraction of sp³-hybridized carbons (Fsp3) is 0.125. The van der Waals surface area contributed by atoms with Crippen molar-refractivity contribution in [2.75, 3.05) is 0 Å². The molecule has 20 heavy (non-hydrogen) atoms. The number of rotatable bonds is 5. The van der Waals surface area contributed by atoms with Crippen LogP contribution in [-0.2, 0) is 6.54 Å². The van der Waals surface area contributed by atoms with Crippen molar-refractivity contribution in [3.05, 3.63) is 81.4 Å². The second-order valence-electron chi connectivity index (χ2n) is 4.45. The lowest BCUT2D eigenvalue weighted by Crippen LogP contribution is -2.21. The van der Waals surface area contributed by atoms with Gasteiger partial charge in [-0.15, -0.1) is 11.3 Å². The van der Waals surface area contributed by atoms with E-state index in [0.717, 1.165) is 16.6 Å². The van der Waals surface area contributed by atoms with Crippen molar-refractivity contribution in [2.24, 2.45) is 0 Å². The van der Waals surface area contributed by atoms with E-state index in [2.05, 4.69) is 17.4 Å². The molecule has 2 aromatic heterocycles. The van der Waals surface area contributed by atoms with Gasteiger partial charge in [0.15, 0.2) is 0 Å². The summed E-state index contributed by atoms with van der Waals surface area (Å²) in [6.07, 6.45) is 1.70. The lowest BCUT2D eigenvalue weighted by Gasteiger charge is -2.16. The zero-order valence-corrected chi connectivity index (χ0v) is 12.3. The fourth-order valence-corrected chi connectivity index (χ4v) is 3.17. The van der Waals surface area contributed by atoms with Crippen LogP contribution in [0.2, 0.25) is 4.34 Å². The molecule has 0 aliphatic carbocycles. The predicted octanol–water partition coefficient (Wildman–Crippen LogP) is 4.87. The van der Waals surface area contributed by atoms with Gasteiger partial charge in [-0.3, -0.25) is 5.32 Å². The van der Waals surface area contributed by atoms with E-state index in [4.69, 9.17) is 16.0 Å². The van der Waals surface area contributed by atoms with Crippen LogP contribution in [0.25, 0.3) is 0 Å². The van der Waals surface area contributed by atoms with E-state index >= 15 is 0 Å². The summed E-state index contributed by atoms with van der Waals surface area (Å²) in [7, 11) is 0. The summed E-state index contributed by atoms with van der Waals surface area (Å²) in [5.41, 5.74) is 1.19. The number of furan rings is 1. The highest BCUT2D eigenvalue weighted by Gasteiger charge is 2.16. The molecule has 0 fully saturated rings. The van der Waals surface area contributed by atoms with Crippen LogP contribution >= 0.6 is 22.9 Å². The number of thiophene rings is 1. The number of nitrogens with one attached hydrogen (secondary N) is 1. The largest absolute Gasteiger partial charge is 0.467 e. The predicted molar refractivity (Wildman–Crippen MR) is 83.2 cm³/mol. The van der Waals surface area contributed by atoms with Gasteiger partial charge in [0, 0.05) is 11.4 Å². The van der Waals surface area contributed by atoms with E-state index in [1.807, 2.05) is 42.5 Å². The van der Waals surface area contributed by atoms with E-state index < -0.39 is 0 Å². The number of halogens is 1. The molecule has 0 saturated heterocycles. The van der Waals surface area contributed by atoms with Gasteiger partial charge >= 0.3 is 0 Å². The lowest BCUT2D eigenvalue weighted by atomic mass is 10.0. The normalized spacial score (nSPS) is 12.4. The quantitative estimate of drug-likeness (QED) is 0.727.